The minimum absolute atomic E-state index is 0.395. The molecule has 0 amide bonds. The highest BCUT2D eigenvalue weighted by atomic mass is 35.5. The van der Waals surface area contributed by atoms with Crippen LogP contribution in [0.1, 0.15) is 0 Å². The number of hydrogen-bond acceptors (Lipinski definition) is 3. The summed E-state index contributed by atoms with van der Waals surface area (Å²) in [6, 6.07) is 7.52. The van der Waals surface area contributed by atoms with Gasteiger partial charge >= 0.3 is 5.71 Å². The van der Waals surface area contributed by atoms with Crippen LogP contribution in [0.4, 0.5) is 0 Å². The molecule has 0 saturated heterocycles. The summed E-state index contributed by atoms with van der Waals surface area (Å²) in [5.74, 6) is 0.631. The first-order valence-electron chi connectivity index (χ1n) is 5.84. The Morgan fingerprint density at radius 1 is 1.25 bits per heavy atom. The van der Waals surface area contributed by atoms with Crippen LogP contribution in [-0.2, 0) is 9.47 Å². The van der Waals surface area contributed by atoms with E-state index in [4.69, 9.17) is 26.6 Å². The third-order valence-electron chi connectivity index (χ3n) is 2.75. The molecular formula is C14H13ClN2O2S. The van der Waals surface area contributed by atoms with E-state index >= 15 is 0 Å². The Morgan fingerprint density at radius 2 is 1.95 bits per heavy atom. The molecule has 104 valence electrons. The van der Waals surface area contributed by atoms with Gasteiger partial charge in [0.25, 0.3) is 0 Å². The van der Waals surface area contributed by atoms with Crippen LogP contribution in [0.3, 0.4) is 0 Å². The average molecular weight is 309 g/mol. The van der Waals surface area contributed by atoms with E-state index in [1.807, 2.05) is 30.3 Å². The number of nitrogens with zero attached hydrogens (tertiary/aromatic N) is 2. The van der Waals surface area contributed by atoms with E-state index in [0.717, 1.165) is 9.80 Å². The van der Waals surface area contributed by atoms with Crippen molar-refractivity contribution in [2.24, 2.45) is 0 Å². The molecule has 2 rings (SSSR count). The summed E-state index contributed by atoms with van der Waals surface area (Å²) in [4.78, 5) is 5.14. The van der Waals surface area contributed by atoms with Crippen molar-refractivity contribution in [1.82, 2.24) is 0 Å². The van der Waals surface area contributed by atoms with E-state index in [1.165, 1.54) is 11.8 Å². The lowest BCUT2D eigenvalue weighted by atomic mass is 10.1. The Kier molecular flexibility index (Phi) is 5.04. The van der Waals surface area contributed by atoms with Crippen LogP contribution in [0.25, 0.3) is 5.53 Å². The topological polar surface area (TPSA) is 54.9 Å². The smallest absolute Gasteiger partial charge is 0.328 e. The summed E-state index contributed by atoms with van der Waals surface area (Å²) < 4.78 is 10.6. The van der Waals surface area contributed by atoms with Crippen molar-refractivity contribution in [3.05, 3.63) is 57.6 Å². The lowest BCUT2D eigenvalue weighted by Gasteiger charge is -2.17. The quantitative estimate of drug-likeness (QED) is 0.631. The zero-order valence-corrected chi connectivity index (χ0v) is 12.6. The highest BCUT2D eigenvalue weighted by Gasteiger charge is 2.28. The molecule has 0 saturated carbocycles. The Bertz CT molecular complexity index is 604. The van der Waals surface area contributed by atoms with Crippen molar-refractivity contribution < 1.29 is 14.3 Å². The van der Waals surface area contributed by atoms with Crippen LogP contribution in [0.5, 0.6) is 0 Å². The number of methoxy groups -OCH3 is 2. The standard InChI is InChI=1S/C14H13ClN2O2S/c1-18-12-8-14(13(19-2)7-11(12)17-16)20-10-5-3-9(15)4-6-10/h3-8,12H,1-2H3. The summed E-state index contributed by atoms with van der Waals surface area (Å²) >= 11 is 7.40. The molecule has 0 spiro atoms. The summed E-state index contributed by atoms with van der Waals surface area (Å²) in [5.41, 5.74) is 9.38. The zero-order valence-electron chi connectivity index (χ0n) is 11.0. The second-order valence-corrected chi connectivity index (χ2v) is 5.53. The Labute approximate surface area is 126 Å². The normalized spacial score (nSPS) is 18.1. The van der Waals surface area contributed by atoms with Crippen molar-refractivity contribution in [2.45, 2.75) is 11.0 Å². The van der Waals surface area contributed by atoms with Crippen molar-refractivity contribution >= 4 is 29.1 Å². The number of rotatable bonds is 4. The van der Waals surface area contributed by atoms with Gasteiger partial charge in [-0.3, -0.25) is 0 Å². The summed E-state index contributed by atoms with van der Waals surface area (Å²) in [6.45, 7) is 0. The Hall–Kier alpha value is -1.52. The molecule has 1 aromatic carbocycles. The molecule has 0 aromatic heterocycles. The van der Waals surface area contributed by atoms with Gasteiger partial charge in [0, 0.05) is 17.0 Å². The zero-order chi connectivity index (χ0) is 14.5. The van der Waals surface area contributed by atoms with Crippen molar-refractivity contribution in [3.8, 4) is 0 Å². The highest BCUT2D eigenvalue weighted by Crippen LogP contribution is 2.35. The van der Waals surface area contributed by atoms with E-state index in [9.17, 15) is 0 Å². The molecule has 20 heavy (non-hydrogen) atoms. The molecule has 1 unspecified atom stereocenters. The Morgan fingerprint density at radius 3 is 2.50 bits per heavy atom. The summed E-state index contributed by atoms with van der Waals surface area (Å²) in [6.07, 6.45) is 3.12. The van der Waals surface area contributed by atoms with Crippen LogP contribution in [0.15, 0.2) is 52.0 Å². The van der Waals surface area contributed by atoms with Gasteiger partial charge in [-0.25, -0.2) is 0 Å². The predicted molar refractivity (Wildman–Crippen MR) is 79.9 cm³/mol. The van der Waals surface area contributed by atoms with Gasteiger partial charge in [0.2, 0.25) is 0 Å². The van der Waals surface area contributed by atoms with Gasteiger partial charge in [-0.15, -0.1) is 0 Å². The van der Waals surface area contributed by atoms with Gasteiger partial charge < -0.3 is 15.0 Å². The van der Waals surface area contributed by atoms with Gasteiger partial charge in [0.15, 0.2) is 6.10 Å². The second kappa shape index (κ2) is 6.77. The van der Waals surface area contributed by atoms with Crippen molar-refractivity contribution in [2.75, 3.05) is 14.2 Å². The van der Waals surface area contributed by atoms with E-state index < -0.39 is 6.10 Å². The first-order chi connectivity index (χ1) is 9.67. The number of benzene rings is 1. The maximum atomic E-state index is 8.97. The van der Waals surface area contributed by atoms with Crippen molar-refractivity contribution in [3.63, 3.8) is 0 Å². The van der Waals surface area contributed by atoms with E-state index in [1.54, 1.807) is 20.3 Å². The highest BCUT2D eigenvalue weighted by molar-refractivity contribution is 8.03. The fraction of sp³-hybridized carbons (Fsp3) is 0.214. The number of thioether (sulfide) groups is 1. The van der Waals surface area contributed by atoms with Gasteiger partial charge in [-0.2, -0.15) is 4.79 Å². The molecule has 6 heteroatoms. The molecule has 0 radical (unpaired) electrons. The average Bonchev–Trinajstić information content (AvgIpc) is 2.49. The van der Waals surface area contributed by atoms with Crippen LogP contribution >= 0.6 is 23.4 Å². The molecule has 1 aliphatic carbocycles. The molecule has 0 bridgehead atoms. The largest absolute Gasteiger partial charge is 0.495 e. The fourth-order valence-corrected chi connectivity index (χ4v) is 2.83. The maximum Gasteiger partial charge on any atom is 0.328 e. The molecule has 1 aliphatic rings. The van der Waals surface area contributed by atoms with E-state index in [-0.39, 0.29) is 0 Å². The Balaban J connectivity index is 2.29. The molecule has 1 atom stereocenters. The predicted octanol–water partition coefficient (Wildman–Crippen LogP) is 3.55. The molecule has 0 fully saturated rings. The third kappa shape index (κ3) is 3.32. The second-order valence-electron chi connectivity index (χ2n) is 3.98. The first kappa shape index (κ1) is 14.9. The lowest BCUT2D eigenvalue weighted by molar-refractivity contribution is -0.0188. The van der Waals surface area contributed by atoms with E-state index in [2.05, 4.69) is 4.79 Å². The number of halogens is 1. The van der Waals surface area contributed by atoms with Gasteiger partial charge in [-0.1, -0.05) is 23.4 Å². The van der Waals surface area contributed by atoms with Crippen LogP contribution < -0.4 is 0 Å². The number of hydrogen-bond donors (Lipinski definition) is 0. The molecule has 1 aromatic rings. The van der Waals surface area contributed by atoms with Gasteiger partial charge in [0.05, 0.1) is 18.1 Å². The summed E-state index contributed by atoms with van der Waals surface area (Å²) in [7, 11) is 3.13. The third-order valence-corrected chi connectivity index (χ3v) is 4.06. The molecule has 0 N–H and O–H groups in total. The van der Waals surface area contributed by atoms with E-state index in [0.29, 0.717) is 16.5 Å². The SMILES string of the molecule is COC1=CC(=[N+]=[N-])C(OC)C=C1Sc1ccc(Cl)cc1. The number of ether oxygens (including phenoxy) is 2. The molecule has 0 heterocycles. The van der Waals surface area contributed by atoms with Crippen LogP contribution in [0, 0.1) is 0 Å². The fourth-order valence-electron chi connectivity index (χ4n) is 1.74. The minimum atomic E-state index is -0.395. The first-order valence-corrected chi connectivity index (χ1v) is 7.03. The minimum Gasteiger partial charge on any atom is -0.495 e. The van der Waals surface area contributed by atoms with Crippen molar-refractivity contribution in [1.29, 1.82) is 0 Å². The lowest BCUT2D eigenvalue weighted by Crippen LogP contribution is -2.24. The van der Waals surface area contributed by atoms with Gasteiger partial charge in [0.1, 0.15) is 5.76 Å². The van der Waals surface area contributed by atoms with Crippen LogP contribution in [-0.4, -0.2) is 30.8 Å². The molecule has 0 aliphatic heterocycles. The molecular weight excluding hydrogens is 296 g/mol. The molecule has 4 nitrogen and oxygen atoms in total. The monoisotopic (exact) mass is 308 g/mol. The summed E-state index contributed by atoms with van der Waals surface area (Å²) in [5, 5.41) is 0.693. The van der Waals surface area contributed by atoms with Gasteiger partial charge in [-0.05, 0) is 30.3 Å². The van der Waals surface area contributed by atoms with Crippen LogP contribution in [0.2, 0.25) is 5.02 Å². The maximum absolute atomic E-state index is 8.97.